The number of halogens is 3. The van der Waals surface area contributed by atoms with Crippen molar-refractivity contribution in [1.82, 2.24) is 4.90 Å². The molecule has 0 spiro atoms. The Hall–Kier alpha value is -4.65. The first-order chi connectivity index (χ1) is 21.6. The zero-order chi connectivity index (χ0) is 33.6. The molecular weight excluding hydrogens is 623 g/mol. The molecule has 1 fully saturated rings. The second-order valence-electron chi connectivity index (χ2n) is 11.3. The van der Waals surface area contributed by atoms with Crippen LogP contribution in [0.4, 0.5) is 18.9 Å². The number of hydrogen-bond donors (Lipinski definition) is 1. The van der Waals surface area contributed by atoms with Crippen molar-refractivity contribution in [3.8, 4) is 22.5 Å². The SMILES string of the molecule is CCC(=O)c1c(-c2ccc(C)cc2)oc2cc(N(CCF)S(C)(=O)=O)c(-c3cccc(C(=O)N4CC(F)(F)C[C@H]4C(N)=O)c3)cc12. The van der Waals surface area contributed by atoms with Crippen LogP contribution in [-0.2, 0) is 14.8 Å². The summed E-state index contributed by atoms with van der Waals surface area (Å²) in [6.45, 7) is 1.04. The molecule has 3 aromatic carbocycles. The van der Waals surface area contributed by atoms with Crippen LogP contribution in [0.3, 0.4) is 0 Å². The van der Waals surface area contributed by atoms with Crippen molar-refractivity contribution in [2.75, 3.05) is 30.3 Å². The van der Waals surface area contributed by atoms with E-state index in [4.69, 9.17) is 10.2 Å². The predicted octanol–water partition coefficient (Wildman–Crippen LogP) is 5.74. The van der Waals surface area contributed by atoms with Crippen LogP contribution in [0.15, 0.2) is 65.1 Å². The topological polar surface area (TPSA) is 131 Å². The smallest absolute Gasteiger partial charge is 0.267 e. The van der Waals surface area contributed by atoms with Gasteiger partial charge in [-0.25, -0.2) is 21.6 Å². The summed E-state index contributed by atoms with van der Waals surface area (Å²) in [4.78, 5) is 39.4. The number of alkyl halides is 3. The van der Waals surface area contributed by atoms with Crippen LogP contribution in [0, 0.1) is 6.92 Å². The summed E-state index contributed by atoms with van der Waals surface area (Å²) in [6, 6.07) is 14.5. The van der Waals surface area contributed by atoms with E-state index in [1.165, 1.54) is 24.3 Å². The number of nitrogens with zero attached hydrogens (tertiary/aromatic N) is 2. The molecule has 1 aliphatic heterocycles. The van der Waals surface area contributed by atoms with Crippen molar-refractivity contribution >= 4 is 44.3 Å². The predicted molar refractivity (Wildman–Crippen MR) is 168 cm³/mol. The number of amides is 2. The monoisotopic (exact) mass is 655 g/mol. The van der Waals surface area contributed by atoms with Gasteiger partial charge in [-0.05, 0) is 30.7 Å². The number of sulfonamides is 1. The van der Waals surface area contributed by atoms with E-state index in [2.05, 4.69) is 0 Å². The minimum Gasteiger partial charge on any atom is -0.455 e. The molecule has 0 unspecified atom stereocenters. The summed E-state index contributed by atoms with van der Waals surface area (Å²) in [7, 11) is -4.05. The molecule has 0 aliphatic carbocycles. The lowest BCUT2D eigenvalue weighted by Gasteiger charge is -2.25. The Balaban J connectivity index is 1.75. The molecule has 4 aromatic rings. The van der Waals surface area contributed by atoms with Gasteiger partial charge in [0.05, 0.1) is 30.6 Å². The first-order valence-electron chi connectivity index (χ1n) is 14.5. The summed E-state index contributed by atoms with van der Waals surface area (Å²) in [5, 5.41) is 0.361. The number of furan rings is 1. The summed E-state index contributed by atoms with van der Waals surface area (Å²) in [5.74, 6) is -5.22. The van der Waals surface area contributed by atoms with Gasteiger partial charge in [0.15, 0.2) is 5.78 Å². The molecule has 1 aliphatic rings. The number of aryl methyl sites for hydroxylation is 1. The summed E-state index contributed by atoms with van der Waals surface area (Å²) < 4.78 is 75.2. The van der Waals surface area contributed by atoms with Gasteiger partial charge in [-0.1, -0.05) is 48.9 Å². The van der Waals surface area contributed by atoms with E-state index < -0.39 is 60.0 Å². The number of primary amides is 1. The van der Waals surface area contributed by atoms with Crippen LogP contribution in [0.25, 0.3) is 33.4 Å². The zero-order valence-electron chi connectivity index (χ0n) is 25.3. The maximum atomic E-state index is 14.2. The van der Waals surface area contributed by atoms with Crippen molar-refractivity contribution in [2.24, 2.45) is 5.73 Å². The first-order valence-corrected chi connectivity index (χ1v) is 16.3. The number of rotatable bonds is 10. The van der Waals surface area contributed by atoms with E-state index >= 15 is 0 Å². The quantitative estimate of drug-likeness (QED) is 0.217. The fourth-order valence-electron chi connectivity index (χ4n) is 5.74. The molecule has 0 bridgehead atoms. The van der Waals surface area contributed by atoms with Crippen LogP contribution in [0.2, 0.25) is 0 Å². The molecule has 0 saturated carbocycles. The van der Waals surface area contributed by atoms with E-state index in [-0.39, 0.29) is 51.5 Å². The molecule has 5 rings (SSSR count). The Labute approximate surface area is 263 Å². The number of anilines is 1. The lowest BCUT2D eigenvalue weighted by Crippen LogP contribution is -2.43. The Morgan fingerprint density at radius 3 is 2.37 bits per heavy atom. The number of nitrogens with two attached hydrogens (primary N) is 1. The number of ketones is 1. The summed E-state index contributed by atoms with van der Waals surface area (Å²) in [5.41, 5.74) is 7.79. The van der Waals surface area contributed by atoms with E-state index in [0.717, 1.165) is 21.0 Å². The van der Waals surface area contributed by atoms with Gasteiger partial charge < -0.3 is 15.1 Å². The van der Waals surface area contributed by atoms with E-state index in [1.807, 2.05) is 19.1 Å². The maximum absolute atomic E-state index is 14.2. The Kier molecular flexibility index (Phi) is 8.73. The van der Waals surface area contributed by atoms with Crippen LogP contribution in [0.1, 0.15) is 46.0 Å². The fraction of sp³-hybridized carbons (Fsp3) is 0.303. The molecule has 13 heteroatoms. The second-order valence-corrected chi connectivity index (χ2v) is 13.2. The van der Waals surface area contributed by atoms with E-state index in [9.17, 15) is 36.0 Å². The zero-order valence-corrected chi connectivity index (χ0v) is 26.2. The van der Waals surface area contributed by atoms with Gasteiger partial charge >= 0.3 is 0 Å². The number of Topliss-reactive ketones (excluding diaryl/α,β-unsaturated/α-hetero) is 1. The van der Waals surface area contributed by atoms with Crippen molar-refractivity contribution < 1.29 is 40.4 Å². The third-order valence-electron chi connectivity index (χ3n) is 7.96. The molecule has 242 valence electrons. The van der Waals surface area contributed by atoms with Gasteiger partial charge in [0, 0.05) is 41.0 Å². The molecule has 2 heterocycles. The van der Waals surface area contributed by atoms with Gasteiger partial charge in [-0.2, -0.15) is 0 Å². The van der Waals surface area contributed by atoms with Crippen molar-refractivity contribution in [2.45, 2.75) is 38.7 Å². The minimum absolute atomic E-state index is 0.0136. The van der Waals surface area contributed by atoms with Crippen LogP contribution in [-0.4, -0.2) is 68.9 Å². The lowest BCUT2D eigenvalue weighted by molar-refractivity contribution is -0.121. The van der Waals surface area contributed by atoms with Gasteiger partial charge in [0.2, 0.25) is 15.9 Å². The molecule has 46 heavy (non-hydrogen) atoms. The van der Waals surface area contributed by atoms with Crippen molar-refractivity contribution in [3.05, 3.63) is 77.4 Å². The fourth-order valence-corrected chi connectivity index (χ4v) is 6.65. The average molecular weight is 656 g/mol. The third kappa shape index (κ3) is 6.23. The molecular formula is C33H32F3N3O6S. The number of fused-ring (bicyclic) bond motifs is 1. The second kappa shape index (κ2) is 12.3. The average Bonchev–Trinajstić information content (AvgIpc) is 3.55. The number of benzene rings is 3. The molecule has 0 radical (unpaired) electrons. The molecule has 1 saturated heterocycles. The molecule has 1 atom stereocenters. The van der Waals surface area contributed by atoms with E-state index in [1.54, 1.807) is 31.2 Å². The number of carbonyl (C=O) groups excluding carboxylic acids is 3. The first kappa shape index (κ1) is 32.7. The lowest BCUT2D eigenvalue weighted by atomic mass is 9.95. The van der Waals surface area contributed by atoms with Gasteiger partial charge in [-0.3, -0.25) is 18.7 Å². The Bertz CT molecular complexity index is 1960. The minimum atomic E-state index is -4.05. The Morgan fingerprint density at radius 1 is 1.07 bits per heavy atom. The highest BCUT2D eigenvalue weighted by atomic mass is 32.2. The third-order valence-corrected chi connectivity index (χ3v) is 9.14. The Morgan fingerprint density at radius 2 is 1.76 bits per heavy atom. The van der Waals surface area contributed by atoms with Crippen molar-refractivity contribution in [3.63, 3.8) is 0 Å². The number of likely N-dealkylation sites (tertiary alicyclic amines) is 1. The van der Waals surface area contributed by atoms with Crippen LogP contribution < -0.4 is 10.0 Å². The van der Waals surface area contributed by atoms with Gasteiger partial charge in [0.1, 0.15) is 24.1 Å². The molecule has 2 N–H and O–H groups in total. The number of hydrogen-bond acceptors (Lipinski definition) is 6. The highest BCUT2D eigenvalue weighted by Crippen LogP contribution is 2.42. The van der Waals surface area contributed by atoms with Gasteiger partial charge in [0.25, 0.3) is 11.8 Å². The van der Waals surface area contributed by atoms with Crippen molar-refractivity contribution in [1.29, 1.82) is 0 Å². The highest BCUT2D eigenvalue weighted by molar-refractivity contribution is 7.92. The normalized spacial score (nSPS) is 16.1. The molecule has 1 aromatic heterocycles. The van der Waals surface area contributed by atoms with E-state index in [0.29, 0.717) is 10.9 Å². The summed E-state index contributed by atoms with van der Waals surface area (Å²) >= 11 is 0. The van der Waals surface area contributed by atoms with Crippen LogP contribution >= 0.6 is 0 Å². The maximum Gasteiger partial charge on any atom is 0.267 e. The molecule has 2 amide bonds. The summed E-state index contributed by atoms with van der Waals surface area (Å²) in [6.07, 6.45) is 0.145. The molecule has 9 nitrogen and oxygen atoms in total. The highest BCUT2D eigenvalue weighted by Gasteiger charge is 2.49. The standard InChI is InChI=1S/C33H32F3N3O6S/c1-4-27(40)29-24-15-23(21-6-5-7-22(14-21)32(42)38-18-33(35,36)17-26(38)31(37)41)25(39(13-12-34)46(3,43)44)16-28(24)45-30(29)20-10-8-19(2)9-11-20/h5-11,14-16,26H,4,12-13,17-18H2,1-3H3,(H2,37,41)/t26-/m0/s1. The number of carbonyl (C=O) groups is 3. The van der Waals surface area contributed by atoms with Gasteiger partial charge in [-0.15, -0.1) is 0 Å². The van der Waals surface area contributed by atoms with Crippen LogP contribution in [0.5, 0.6) is 0 Å². The largest absolute Gasteiger partial charge is 0.455 e.